The molecule has 0 amide bonds. The number of imidazole rings is 1. The first-order chi connectivity index (χ1) is 7.59. The van der Waals surface area contributed by atoms with Crippen LogP contribution in [0.3, 0.4) is 0 Å². The molecular formula is C12H16N4. The second-order valence-electron chi connectivity index (χ2n) is 4.09. The van der Waals surface area contributed by atoms with Crippen LogP contribution in [-0.2, 0) is 7.05 Å². The van der Waals surface area contributed by atoms with Gasteiger partial charge in [0.05, 0.1) is 5.69 Å². The lowest BCUT2D eigenvalue weighted by Gasteiger charge is -2.13. The van der Waals surface area contributed by atoms with Crippen LogP contribution in [0.5, 0.6) is 0 Å². The monoisotopic (exact) mass is 216 g/mol. The van der Waals surface area contributed by atoms with E-state index < -0.39 is 0 Å². The highest BCUT2D eigenvalue weighted by Gasteiger charge is 2.16. The molecule has 2 aromatic rings. The maximum Gasteiger partial charge on any atom is 0.131 e. The Morgan fingerprint density at radius 1 is 1.31 bits per heavy atom. The molecule has 84 valence electrons. The average molecular weight is 216 g/mol. The van der Waals surface area contributed by atoms with Crippen LogP contribution in [0.1, 0.15) is 28.7 Å². The van der Waals surface area contributed by atoms with Gasteiger partial charge in [-0.25, -0.2) is 4.98 Å². The Morgan fingerprint density at radius 3 is 2.62 bits per heavy atom. The van der Waals surface area contributed by atoms with Crippen LogP contribution >= 0.6 is 0 Å². The van der Waals surface area contributed by atoms with Gasteiger partial charge in [-0.05, 0) is 25.0 Å². The summed E-state index contributed by atoms with van der Waals surface area (Å²) in [6.45, 7) is 4.05. The van der Waals surface area contributed by atoms with Crippen LogP contribution in [0.2, 0.25) is 0 Å². The summed E-state index contributed by atoms with van der Waals surface area (Å²) >= 11 is 0. The van der Waals surface area contributed by atoms with E-state index in [2.05, 4.69) is 16.0 Å². The van der Waals surface area contributed by atoms with E-state index in [4.69, 9.17) is 5.73 Å². The van der Waals surface area contributed by atoms with Gasteiger partial charge in [0, 0.05) is 25.6 Å². The highest BCUT2D eigenvalue weighted by atomic mass is 15.1. The molecule has 0 radical (unpaired) electrons. The smallest absolute Gasteiger partial charge is 0.131 e. The molecule has 2 N–H and O–H groups in total. The Kier molecular flexibility index (Phi) is 2.75. The molecule has 1 unspecified atom stereocenters. The van der Waals surface area contributed by atoms with Crippen molar-refractivity contribution in [1.29, 1.82) is 0 Å². The van der Waals surface area contributed by atoms with Crippen molar-refractivity contribution in [1.82, 2.24) is 14.5 Å². The van der Waals surface area contributed by atoms with E-state index in [1.807, 2.05) is 37.9 Å². The molecule has 16 heavy (non-hydrogen) atoms. The highest BCUT2D eigenvalue weighted by molar-refractivity contribution is 5.28. The molecule has 1 atom stereocenters. The van der Waals surface area contributed by atoms with Gasteiger partial charge < -0.3 is 10.3 Å². The van der Waals surface area contributed by atoms with Gasteiger partial charge in [-0.1, -0.05) is 6.07 Å². The minimum Gasteiger partial charge on any atom is -0.336 e. The van der Waals surface area contributed by atoms with Crippen LogP contribution in [0, 0.1) is 13.8 Å². The molecule has 2 rings (SSSR count). The van der Waals surface area contributed by atoms with E-state index in [0.29, 0.717) is 0 Å². The Labute approximate surface area is 95.1 Å². The van der Waals surface area contributed by atoms with Gasteiger partial charge in [0.2, 0.25) is 0 Å². The fourth-order valence-electron chi connectivity index (χ4n) is 1.85. The van der Waals surface area contributed by atoms with Gasteiger partial charge in [0.1, 0.15) is 11.9 Å². The quantitative estimate of drug-likeness (QED) is 0.827. The Morgan fingerprint density at radius 2 is 2.06 bits per heavy atom. The number of nitrogens with two attached hydrogens (primary N) is 1. The van der Waals surface area contributed by atoms with Crippen molar-refractivity contribution in [3.05, 3.63) is 47.3 Å². The summed E-state index contributed by atoms with van der Waals surface area (Å²) < 4.78 is 1.92. The molecule has 0 saturated carbocycles. The third-order valence-corrected chi connectivity index (χ3v) is 2.69. The molecule has 2 heterocycles. The molecule has 4 heteroatoms. The average Bonchev–Trinajstić information content (AvgIpc) is 2.63. The molecule has 0 aromatic carbocycles. The summed E-state index contributed by atoms with van der Waals surface area (Å²) in [4.78, 5) is 8.65. The second-order valence-corrected chi connectivity index (χ2v) is 4.09. The summed E-state index contributed by atoms with van der Waals surface area (Å²) in [5, 5.41) is 0. The standard InChI is InChI=1S/C12H16N4/c1-8-6-9(2)11(15-7-8)10(13)12-14-4-5-16(12)3/h4-7,10H,13H2,1-3H3. The number of hydrogen-bond donors (Lipinski definition) is 1. The zero-order valence-corrected chi connectivity index (χ0v) is 9.81. The van der Waals surface area contributed by atoms with Crippen LogP contribution in [0.4, 0.5) is 0 Å². The van der Waals surface area contributed by atoms with E-state index in [0.717, 1.165) is 22.6 Å². The van der Waals surface area contributed by atoms with Crippen molar-refractivity contribution in [2.75, 3.05) is 0 Å². The fourth-order valence-corrected chi connectivity index (χ4v) is 1.85. The third kappa shape index (κ3) is 1.84. The van der Waals surface area contributed by atoms with Crippen LogP contribution in [0.25, 0.3) is 0 Å². The molecule has 0 aliphatic heterocycles. The van der Waals surface area contributed by atoms with E-state index in [9.17, 15) is 0 Å². The van der Waals surface area contributed by atoms with Crippen molar-refractivity contribution >= 4 is 0 Å². The predicted octanol–water partition coefficient (Wildman–Crippen LogP) is 1.48. The highest BCUT2D eigenvalue weighted by Crippen LogP contribution is 2.19. The van der Waals surface area contributed by atoms with Crippen LogP contribution in [0.15, 0.2) is 24.7 Å². The van der Waals surface area contributed by atoms with E-state index in [1.165, 1.54) is 0 Å². The van der Waals surface area contributed by atoms with Crippen LogP contribution < -0.4 is 5.73 Å². The molecule has 0 aliphatic rings. The van der Waals surface area contributed by atoms with Crippen molar-refractivity contribution in [2.24, 2.45) is 12.8 Å². The molecule has 0 bridgehead atoms. The maximum absolute atomic E-state index is 6.17. The van der Waals surface area contributed by atoms with Gasteiger partial charge in [-0.15, -0.1) is 0 Å². The molecule has 4 nitrogen and oxygen atoms in total. The molecule has 0 saturated heterocycles. The summed E-state index contributed by atoms with van der Waals surface area (Å²) in [6.07, 6.45) is 5.47. The molecule has 0 spiro atoms. The first-order valence-electron chi connectivity index (χ1n) is 5.25. The van der Waals surface area contributed by atoms with Gasteiger partial charge in [0.25, 0.3) is 0 Å². The largest absolute Gasteiger partial charge is 0.336 e. The topological polar surface area (TPSA) is 56.7 Å². The predicted molar refractivity (Wildman–Crippen MR) is 62.9 cm³/mol. The molecular weight excluding hydrogens is 200 g/mol. The zero-order valence-electron chi connectivity index (χ0n) is 9.81. The fraction of sp³-hybridized carbons (Fsp3) is 0.333. The minimum absolute atomic E-state index is 0.263. The molecule has 0 fully saturated rings. The Balaban J connectivity index is 2.41. The van der Waals surface area contributed by atoms with Crippen LogP contribution in [-0.4, -0.2) is 14.5 Å². The lowest BCUT2D eigenvalue weighted by molar-refractivity contribution is 0.695. The summed E-state index contributed by atoms with van der Waals surface area (Å²) in [6, 6.07) is 1.83. The molecule has 0 aliphatic carbocycles. The number of pyridine rings is 1. The maximum atomic E-state index is 6.17. The van der Waals surface area contributed by atoms with Gasteiger partial charge in [-0.3, -0.25) is 4.98 Å². The summed E-state index contributed by atoms with van der Waals surface area (Å²) in [5.41, 5.74) is 9.31. The van der Waals surface area contributed by atoms with Crippen molar-refractivity contribution in [3.8, 4) is 0 Å². The van der Waals surface area contributed by atoms with Gasteiger partial charge in [-0.2, -0.15) is 0 Å². The summed E-state index contributed by atoms with van der Waals surface area (Å²) in [5.74, 6) is 0.833. The van der Waals surface area contributed by atoms with Gasteiger partial charge in [0.15, 0.2) is 0 Å². The van der Waals surface area contributed by atoms with E-state index >= 15 is 0 Å². The first kappa shape index (κ1) is 10.8. The zero-order chi connectivity index (χ0) is 11.7. The SMILES string of the molecule is Cc1cnc(C(N)c2nccn2C)c(C)c1. The number of nitrogens with zero attached hydrogens (tertiary/aromatic N) is 3. The van der Waals surface area contributed by atoms with Crippen molar-refractivity contribution < 1.29 is 0 Å². The normalized spacial score (nSPS) is 12.8. The number of rotatable bonds is 2. The second kappa shape index (κ2) is 4.06. The lowest BCUT2D eigenvalue weighted by atomic mass is 10.1. The first-order valence-corrected chi connectivity index (χ1v) is 5.25. The van der Waals surface area contributed by atoms with E-state index in [1.54, 1.807) is 6.20 Å². The lowest BCUT2D eigenvalue weighted by Crippen LogP contribution is -2.19. The minimum atomic E-state index is -0.263. The number of aromatic nitrogens is 3. The number of aryl methyl sites for hydroxylation is 3. The Hall–Kier alpha value is -1.68. The van der Waals surface area contributed by atoms with E-state index in [-0.39, 0.29) is 6.04 Å². The van der Waals surface area contributed by atoms with Crippen molar-refractivity contribution in [3.63, 3.8) is 0 Å². The Bertz CT molecular complexity index is 501. The third-order valence-electron chi connectivity index (χ3n) is 2.69. The van der Waals surface area contributed by atoms with Gasteiger partial charge >= 0.3 is 0 Å². The summed E-state index contributed by atoms with van der Waals surface area (Å²) in [7, 11) is 1.94. The van der Waals surface area contributed by atoms with Crippen molar-refractivity contribution in [2.45, 2.75) is 19.9 Å². The number of hydrogen-bond acceptors (Lipinski definition) is 3. The molecule has 2 aromatic heterocycles.